The van der Waals surface area contributed by atoms with Crippen molar-refractivity contribution < 1.29 is 4.79 Å². The molecule has 0 aromatic carbocycles. The molecule has 0 saturated heterocycles. The number of rotatable bonds is 4. The number of H-pyrrole nitrogens is 1. The van der Waals surface area contributed by atoms with E-state index in [1.54, 1.807) is 11.8 Å². The first-order valence-electron chi connectivity index (χ1n) is 7.12. The Labute approximate surface area is 118 Å². The molecule has 2 amide bonds. The van der Waals surface area contributed by atoms with E-state index in [4.69, 9.17) is 0 Å². The highest BCUT2D eigenvalue weighted by atomic mass is 16.2. The van der Waals surface area contributed by atoms with Crippen LogP contribution >= 0.6 is 0 Å². The lowest BCUT2D eigenvalue weighted by molar-refractivity contribution is 0.197. The van der Waals surface area contributed by atoms with Gasteiger partial charge < -0.3 is 15.2 Å². The molecule has 0 radical (unpaired) electrons. The molecule has 1 aromatic heterocycles. The van der Waals surface area contributed by atoms with E-state index in [1.807, 2.05) is 0 Å². The van der Waals surface area contributed by atoms with Crippen molar-refractivity contribution in [1.82, 2.24) is 20.2 Å². The zero-order valence-corrected chi connectivity index (χ0v) is 12.3. The Hall–Kier alpha value is -1.85. The molecule has 6 nitrogen and oxygen atoms in total. The first-order valence-corrected chi connectivity index (χ1v) is 7.12. The molecular weight excluding hydrogens is 256 g/mol. The fourth-order valence-electron chi connectivity index (χ4n) is 2.28. The molecule has 110 valence electrons. The van der Waals surface area contributed by atoms with Gasteiger partial charge in [0.05, 0.1) is 24.3 Å². The smallest absolute Gasteiger partial charge is 0.318 e. The minimum atomic E-state index is -0.137. The summed E-state index contributed by atoms with van der Waals surface area (Å²) in [4.78, 5) is 32.4. The van der Waals surface area contributed by atoms with Crippen molar-refractivity contribution in [2.24, 2.45) is 5.92 Å². The minimum Gasteiger partial charge on any atom is -0.338 e. The number of aromatic amines is 1. The van der Waals surface area contributed by atoms with Crippen LogP contribution in [0.3, 0.4) is 0 Å². The van der Waals surface area contributed by atoms with Gasteiger partial charge in [0.2, 0.25) is 0 Å². The summed E-state index contributed by atoms with van der Waals surface area (Å²) in [6, 6.07) is -0.122. The number of urea groups is 1. The summed E-state index contributed by atoms with van der Waals surface area (Å²) in [7, 11) is 0. The van der Waals surface area contributed by atoms with E-state index in [0.717, 1.165) is 12.8 Å². The van der Waals surface area contributed by atoms with Crippen LogP contribution < -0.4 is 10.9 Å². The van der Waals surface area contributed by atoms with Crippen molar-refractivity contribution >= 4 is 6.03 Å². The third kappa shape index (κ3) is 3.18. The maximum atomic E-state index is 12.1. The van der Waals surface area contributed by atoms with Crippen LogP contribution in [-0.2, 0) is 13.1 Å². The van der Waals surface area contributed by atoms with Crippen LogP contribution in [0.4, 0.5) is 4.79 Å². The molecule has 0 bridgehead atoms. The molecule has 2 heterocycles. The third-order valence-corrected chi connectivity index (χ3v) is 3.81. The molecule has 6 heteroatoms. The van der Waals surface area contributed by atoms with Gasteiger partial charge in [-0.1, -0.05) is 20.3 Å². The molecule has 1 aromatic rings. The van der Waals surface area contributed by atoms with Gasteiger partial charge in [-0.3, -0.25) is 4.79 Å². The normalized spacial score (nSPS) is 15.1. The van der Waals surface area contributed by atoms with Gasteiger partial charge in [0, 0.05) is 6.54 Å². The number of carbonyl (C=O) groups is 1. The van der Waals surface area contributed by atoms with E-state index >= 15 is 0 Å². The second-order valence-electron chi connectivity index (χ2n) is 5.47. The van der Waals surface area contributed by atoms with Crippen LogP contribution in [0.15, 0.2) is 4.79 Å². The van der Waals surface area contributed by atoms with E-state index < -0.39 is 0 Å². The number of aryl methyl sites for hydroxylation is 1. The Kier molecular flexibility index (Phi) is 4.42. The lowest BCUT2D eigenvalue weighted by Crippen LogP contribution is -2.37. The van der Waals surface area contributed by atoms with Crippen LogP contribution in [0.1, 0.15) is 43.8 Å². The second-order valence-corrected chi connectivity index (χ2v) is 5.47. The molecule has 0 saturated carbocycles. The topological polar surface area (TPSA) is 78.1 Å². The van der Waals surface area contributed by atoms with E-state index in [2.05, 4.69) is 29.1 Å². The van der Waals surface area contributed by atoms with Crippen molar-refractivity contribution in [3.05, 3.63) is 27.4 Å². The molecule has 2 N–H and O–H groups in total. The van der Waals surface area contributed by atoms with Gasteiger partial charge in [0.15, 0.2) is 0 Å². The van der Waals surface area contributed by atoms with Crippen LogP contribution in [-0.4, -0.2) is 27.4 Å². The molecule has 0 spiro atoms. The highest BCUT2D eigenvalue weighted by Gasteiger charge is 2.26. The molecule has 1 atom stereocenters. The summed E-state index contributed by atoms with van der Waals surface area (Å²) in [6.07, 6.45) is 2.09. The number of fused-ring (bicyclic) bond motifs is 1. The summed E-state index contributed by atoms with van der Waals surface area (Å²) in [5.41, 5.74) is 1.18. The standard InChI is InChI=1S/C14H22N4O2/c1-4-9(2)5-6-15-14(20)18-7-11-12(8-18)16-10(3)17-13(11)19/h9H,4-8H2,1-3H3,(H,15,20)(H,16,17,19)/t9-/m1/s1. The van der Waals surface area contributed by atoms with Crippen molar-refractivity contribution in [2.75, 3.05) is 6.54 Å². The van der Waals surface area contributed by atoms with Crippen molar-refractivity contribution in [3.63, 3.8) is 0 Å². The summed E-state index contributed by atoms with van der Waals surface area (Å²) in [5, 5.41) is 2.91. The third-order valence-electron chi connectivity index (χ3n) is 3.81. The van der Waals surface area contributed by atoms with E-state index in [1.165, 1.54) is 0 Å². The maximum absolute atomic E-state index is 12.1. The van der Waals surface area contributed by atoms with Crippen LogP contribution in [0, 0.1) is 12.8 Å². The molecule has 1 aliphatic rings. The fourth-order valence-corrected chi connectivity index (χ4v) is 2.28. The number of hydrogen-bond acceptors (Lipinski definition) is 3. The number of amides is 2. The number of aromatic nitrogens is 2. The summed E-state index contributed by atoms with van der Waals surface area (Å²) < 4.78 is 0. The number of nitrogens with one attached hydrogen (secondary N) is 2. The zero-order chi connectivity index (χ0) is 14.7. The molecule has 0 aliphatic carbocycles. The van der Waals surface area contributed by atoms with Gasteiger partial charge in [-0.2, -0.15) is 0 Å². The quantitative estimate of drug-likeness (QED) is 0.877. The van der Waals surface area contributed by atoms with Crippen molar-refractivity contribution in [3.8, 4) is 0 Å². The molecular formula is C14H22N4O2. The van der Waals surface area contributed by atoms with Gasteiger partial charge in [-0.25, -0.2) is 9.78 Å². The number of hydrogen-bond donors (Lipinski definition) is 2. The summed E-state index contributed by atoms with van der Waals surface area (Å²) in [6.45, 7) is 7.48. The maximum Gasteiger partial charge on any atom is 0.318 e. The highest BCUT2D eigenvalue weighted by molar-refractivity contribution is 5.74. The van der Waals surface area contributed by atoms with Crippen molar-refractivity contribution in [1.29, 1.82) is 0 Å². The summed E-state index contributed by atoms with van der Waals surface area (Å²) in [5.74, 6) is 1.20. The first-order chi connectivity index (χ1) is 9.51. The number of carbonyl (C=O) groups excluding carboxylic acids is 1. The zero-order valence-electron chi connectivity index (χ0n) is 12.3. The lowest BCUT2D eigenvalue weighted by atomic mass is 10.1. The van der Waals surface area contributed by atoms with Gasteiger partial charge in [0.1, 0.15) is 5.82 Å². The molecule has 20 heavy (non-hydrogen) atoms. The fraction of sp³-hybridized carbons (Fsp3) is 0.643. The van der Waals surface area contributed by atoms with E-state index in [0.29, 0.717) is 42.6 Å². The van der Waals surface area contributed by atoms with Crippen LogP contribution in [0.2, 0.25) is 0 Å². The first kappa shape index (κ1) is 14.6. The highest BCUT2D eigenvalue weighted by Crippen LogP contribution is 2.17. The van der Waals surface area contributed by atoms with E-state index in [-0.39, 0.29) is 11.6 Å². The monoisotopic (exact) mass is 278 g/mol. The minimum absolute atomic E-state index is 0.122. The average Bonchev–Trinajstić information content (AvgIpc) is 2.82. The van der Waals surface area contributed by atoms with E-state index in [9.17, 15) is 9.59 Å². The van der Waals surface area contributed by atoms with Gasteiger partial charge in [-0.05, 0) is 19.3 Å². The van der Waals surface area contributed by atoms with Crippen LogP contribution in [0.25, 0.3) is 0 Å². The predicted molar refractivity (Wildman–Crippen MR) is 76.3 cm³/mol. The molecule has 1 aliphatic heterocycles. The van der Waals surface area contributed by atoms with Crippen LogP contribution in [0.5, 0.6) is 0 Å². The number of nitrogens with zero attached hydrogens (tertiary/aromatic N) is 2. The Morgan fingerprint density at radius 1 is 1.50 bits per heavy atom. The Balaban J connectivity index is 1.92. The summed E-state index contributed by atoms with van der Waals surface area (Å²) >= 11 is 0. The van der Waals surface area contributed by atoms with Gasteiger partial charge >= 0.3 is 6.03 Å². The predicted octanol–water partition coefficient (Wildman–Crippen LogP) is 1.54. The van der Waals surface area contributed by atoms with Gasteiger partial charge in [-0.15, -0.1) is 0 Å². The molecule has 0 unspecified atom stereocenters. The van der Waals surface area contributed by atoms with Gasteiger partial charge in [0.25, 0.3) is 5.56 Å². The lowest BCUT2D eigenvalue weighted by Gasteiger charge is -2.17. The SMILES string of the molecule is CC[C@@H](C)CCNC(=O)N1Cc2nc(C)[nH]c(=O)c2C1. The second kappa shape index (κ2) is 6.07. The average molecular weight is 278 g/mol. The Bertz CT molecular complexity index is 553. The largest absolute Gasteiger partial charge is 0.338 e. The Morgan fingerprint density at radius 2 is 2.25 bits per heavy atom. The van der Waals surface area contributed by atoms with Crippen molar-refractivity contribution in [2.45, 2.75) is 46.7 Å². The molecule has 0 fully saturated rings. The molecule has 2 rings (SSSR count). The Morgan fingerprint density at radius 3 is 2.95 bits per heavy atom.